The molecule has 0 aliphatic carbocycles. The van der Waals surface area contributed by atoms with Crippen LogP contribution >= 0.6 is 0 Å². The molecule has 0 atom stereocenters. The highest BCUT2D eigenvalue weighted by molar-refractivity contribution is 6.01. The molecule has 4 aromatic rings. The summed E-state index contributed by atoms with van der Waals surface area (Å²) >= 11 is 0. The maximum absolute atomic E-state index is 10.1. The largest absolute Gasteiger partial charge is 0.507 e. The van der Waals surface area contributed by atoms with Crippen LogP contribution in [0.5, 0.6) is 17.2 Å². The van der Waals surface area contributed by atoms with E-state index in [1.165, 1.54) is 0 Å². The van der Waals surface area contributed by atoms with Gasteiger partial charge in [0.2, 0.25) is 5.95 Å². The molecule has 0 radical (unpaired) electrons. The van der Waals surface area contributed by atoms with Crippen LogP contribution in [0.2, 0.25) is 0 Å². The number of anilines is 1. The van der Waals surface area contributed by atoms with E-state index in [4.69, 9.17) is 9.47 Å². The molecular weight excluding hydrogens is 416 g/mol. The quantitative estimate of drug-likeness (QED) is 0.297. The number of phenolic OH excluding ortho intramolecular Hbond substituents is 1. The highest BCUT2D eigenvalue weighted by atomic mass is 16.5. The van der Waals surface area contributed by atoms with Crippen LogP contribution in [0, 0.1) is 0 Å². The summed E-state index contributed by atoms with van der Waals surface area (Å²) in [4.78, 5) is 9.31. The number of methoxy groups -OCH3 is 2. The van der Waals surface area contributed by atoms with E-state index in [0.717, 1.165) is 16.8 Å². The summed E-state index contributed by atoms with van der Waals surface area (Å²) < 4.78 is 10.8. The molecule has 7 nitrogen and oxygen atoms in total. The Morgan fingerprint density at radius 2 is 1.45 bits per heavy atom. The van der Waals surface area contributed by atoms with Crippen LogP contribution in [-0.4, -0.2) is 35.0 Å². The average molecular weight is 441 g/mol. The van der Waals surface area contributed by atoms with Crippen LogP contribution in [0.4, 0.5) is 5.95 Å². The van der Waals surface area contributed by atoms with E-state index >= 15 is 0 Å². The van der Waals surface area contributed by atoms with E-state index in [2.05, 4.69) is 20.5 Å². The van der Waals surface area contributed by atoms with Crippen LogP contribution in [0.15, 0.2) is 84.0 Å². The lowest BCUT2D eigenvalue weighted by Crippen LogP contribution is -2.04. The Morgan fingerprint density at radius 1 is 0.788 bits per heavy atom. The van der Waals surface area contributed by atoms with E-state index in [0.29, 0.717) is 34.4 Å². The van der Waals surface area contributed by atoms with E-state index in [1.807, 2.05) is 60.7 Å². The third-order valence-electron chi connectivity index (χ3n) is 5.09. The van der Waals surface area contributed by atoms with Gasteiger partial charge in [-0.25, -0.2) is 15.4 Å². The van der Waals surface area contributed by atoms with Gasteiger partial charge in [-0.05, 0) is 43.3 Å². The Balaban J connectivity index is 1.76. The van der Waals surface area contributed by atoms with Crippen LogP contribution in [0.3, 0.4) is 0 Å². The second kappa shape index (κ2) is 9.82. The minimum absolute atomic E-state index is 0.158. The van der Waals surface area contributed by atoms with Crippen molar-refractivity contribution >= 4 is 11.7 Å². The summed E-state index contributed by atoms with van der Waals surface area (Å²) in [7, 11) is 3.20. The number of nitrogens with one attached hydrogen (secondary N) is 1. The number of aromatic hydroxyl groups is 1. The standard InChI is InChI=1S/C26H24N4O3/c1-17(20-11-7-8-12-23(20)31)29-30-26-27-21(18-9-5-4-6-10-18)16-22(28-26)19-13-14-24(32-2)25(15-19)33-3/h4-16,31H,1-3H3,(H,27,28,30). The van der Waals surface area contributed by atoms with Crippen molar-refractivity contribution in [3.63, 3.8) is 0 Å². The summed E-state index contributed by atoms with van der Waals surface area (Å²) in [6.45, 7) is 1.80. The molecule has 0 unspecified atom stereocenters. The lowest BCUT2D eigenvalue weighted by molar-refractivity contribution is 0.355. The van der Waals surface area contributed by atoms with Gasteiger partial charge in [0.25, 0.3) is 0 Å². The first-order chi connectivity index (χ1) is 16.1. The van der Waals surface area contributed by atoms with Gasteiger partial charge in [-0.15, -0.1) is 0 Å². The molecule has 4 rings (SSSR count). The monoisotopic (exact) mass is 440 g/mol. The van der Waals surface area contributed by atoms with Gasteiger partial charge in [-0.1, -0.05) is 42.5 Å². The zero-order valence-electron chi connectivity index (χ0n) is 18.6. The number of aromatic nitrogens is 2. The van der Waals surface area contributed by atoms with Crippen molar-refractivity contribution in [1.29, 1.82) is 0 Å². The average Bonchev–Trinajstić information content (AvgIpc) is 2.87. The minimum Gasteiger partial charge on any atom is -0.507 e. The number of para-hydroxylation sites is 1. The predicted molar refractivity (Wildman–Crippen MR) is 130 cm³/mol. The topological polar surface area (TPSA) is 88.9 Å². The maximum atomic E-state index is 10.1. The fourth-order valence-electron chi connectivity index (χ4n) is 3.37. The number of nitrogens with zero attached hydrogens (tertiary/aromatic N) is 3. The molecule has 33 heavy (non-hydrogen) atoms. The molecule has 2 N–H and O–H groups in total. The number of hydrazone groups is 1. The molecule has 1 aromatic heterocycles. The molecule has 1 heterocycles. The molecule has 0 aliphatic heterocycles. The van der Waals surface area contributed by atoms with Crippen molar-refractivity contribution in [3.05, 3.63) is 84.4 Å². The molecule has 0 bridgehead atoms. The van der Waals surface area contributed by atoms with Gasteiger partial charge < -0.3 is 14.6 Å². The highest BCUT2D eigenvalue weighted by Crippen LogP contribution is 2.33. The molecule has 0 saturated heterocycles. The summed E-state index contributed by atoms with van der Waals surface area (Å²) in [6.07, 6.45) is 0. The van der Waals surface area contributed by atoms with Crippen molar-refractivity contribution in [1.82, 2.24) is 9.97 Å². The maximum Gasteiger partial charge on any atom is 0.244 e. The number of hydrogen-bond acceptors (Lipinski definition) is 7. The van der Waals surface area contributed by atoms with E-state index in [1.54, 1.807) is 39.3 Å². The van der Waals surface area contributed by atoms with Crippen molar-refractivity contribution in [2.75, 3.05) is 19.6 Å². The molecule has 0 aliphatic rings. The second-order valence-corrected chi connectivity index (χ2v) is 7.22. The summed E-state index contributed by atoms with van der Waals surface area (Å²) in [5, 5.41) is 14.5. The lowest BCUT2D eigenvalue weighted by atomic mass is 10.1. The highest BCUT2D eigenvalue weighted by Gasteiger charge is 2.12. The van der Waals surface area contributed by atoms with Gasteiger partial charge in [0.15, 0.2) is 11.5 Å². The first kappa shape index (κ1) is 21.8. The van der Waals surface area contributed by atoms with Crippen LogP contribution in [-0.2, 0) is 0 Å². The van der Waals surface area contributed by atoms with Gasteiger partial charge in [0.1, 0.15) is 5.75 Å². The molecular formula is C26H24N4O3. The van der Waals surface area contributed by atoms with Crippen LogP contribution in [0.25, 0.3) is 22.5 Å². The van der Waals surface area contributed by atoms with Gasteiger partial charge in [0.05, 0.1) is 31.3 Å². The van der Waals surface area contributed by atoms with Crippen molar-refractivity contribution < 1.29 is 14.6 Å². The summed E-state index contributed by atoms with van der Waals surface area (Å²) in [5.41, 5.74) is 7.41. The Morgan fingerprint density at radius 3 is 2.15 bits per heavy atom. The number of hydrogen-bond donors (Lipinski definition) is 2. The van der Waals surface area contributed by atoms with E-state index in [9.17, 15) is 5.11 Å². The van der Waals surface area contributed by atoms with Gasteiger partial charge in [-0.2, -0.15) is 5.10 Å². The SMILES string of the molecule is COc1ccc(-c2cc(-c3ccccc3)nc(NN=C(C)c3ccccc3O)n2)cc1OC. The van der Waals surface area contributed by atoms with Crippen molar-refractivity contribution in [2.45, 2.75) is 6.92 Å². The Kier molecular flexibility index (Phi) is 6.50. The van der Waals surface area contributed by atoms with Crippen LogP contribution < -0.4 is 14.9 Å². The number of phenols is 1. The van der Waals surface area contributed by atoms with E-state index < -0.39 is 0 Å². The van der Waals surface area contributed by atoms with Crippen molar-refractivity contribution in [3.8, 4) is 39.8 Å². The van der Waals surface area contributed by atoms with Crippen LogP contribution in [0.1, 0.15) is 12.5 Å². The first-order valence-electron chi connectivity index (χ1n) is 10.3. The third kappa shape index (κ3) is 4.93. The zero-order valence-corrected chi connectivity index (χ0v) is 18.6. The molecule has 166 valence electrons. The summed E-state index contributed by atoms with van der Waals surface area (Å²) in [6, 6.07) is 24.4. The Bertz CT molecular complexity index is 1290. The third-order valence-corrected chi connectivity index (χ3v) is 5.09. The zero-order chi connectivity index (χ0) is 23.2. The smallest absolute Gasteiger partial charge is 0.244 e. The fraction of sp³-hybridized carbons (Fsp3) is 0.115. The van der Waals surface area contributed by atoms with Gasteiger partial charge >= 0.3 is 0 Å². The fourth-order valence-corrected chi connectivity index (χ4v) is 3.37. The first-order valence-corrected chi connectivity index (χ1v) is 10.3. The van der Waals surface area contributed by atoms with Gasteiger partial charge in [0, 0.05) is 16.7 Å². The van der Waals surface area contributed by atoms with Gasteiger partial charge in [-0.3, -0.25) is 0 Å². The predicted octanol–water partition coefficient (Wildman–Crippen LogP) is 5.37. The Hall–Kier alpha value is -4.39. The number of rotatable bonds is 7. The molecule has 0 amide bonds. The van der Waals surface area contributed by atoms with E-state index in [-0.39, 0.29) is 5.75 Å². The number of benzene rings is 3. The molecule has 0 fully saturated rings. The molecule has 0 spiro atoms. The van der Waals surface area contributed by atoms with Crippen molar-refractivity contribution in [2.24, 2.45) is 5.10 Å². The normalized spacial score (nSPS) is 11.2. The summed E-state index contributed by atoms with van der Waals surface area (Å²) in [5.74, 6) is 1.74. The Labute approximate surface area is 192 Å². The molecule has 3 aromatic carbocycles. The number of ether oxygens (including phenoxy) is 2. The molecule has 7 heteroatoms. The second-order valence-electron chi connectivity index (χ2n) is 7.22. The minimum atomic E-state index is 0.158. The lowest BCUT2D eigenvalue weighted by Gasteiger charge is -2.12. The molecule has 0 saturated carbocycles.